The first-order valence-electron chi connectivity index (χ1n) is 14.4. The van der Waals surface area contributed by atoms with Crippen molar-refractivity contribution < 1.29 is 14.2 Å². The molecule has 5 heterocycles. The number of hydrogen-bond donors (Lipinski definition) is 2. The van der Waals surface area contributed by atoms with Crippen molar-refractivity contribution >= 4 is 28.6 Å². The van der Waals surface area contributed by atoms with Gasteiger partial charge in [0, 0.05) is 18.4 Å². The fourth-order valence-corrected chi connectivity index (χ4v) is 6.06. The van der Waals surface area contributed by atoms with E-state index in [1.54, 1.807) is 6.33 Å². The molecule has 222 valence electrons. The highest BCUT2D eigenvalue weighted by Gasteiger charge is 2.57. The summed E-state index contributed by atoms with van der Waals surface area (Å²) >= 11 is 6.50. The van der Waals surface area contributed by atoms with Crippen molar-refractivity contribution in [1.29, 1.82) is 0 Å². The first kappa shape index (κ1) is 27.9. The summed E-state index contributed by atoms with van der Waals surface area (Å²) in [5.74, 6) is 1.28. The summed E-state index contributed by atoms with van der Waals surface area (Å²) in [7, 11) is 0. The number of nitrogens with zero attached hydrogens (tertiary/aromatic N) is 6. The highest BCUT2D eigenvalue weighted by molar-refractivity contribution is 6.28. The normalized spacial score (nSPS) is 23.0. The van der Waals surface area contributed by atoms with Crippen LogP contribution < -0.4 is 5.32 Å². The van der Waals surface area contributed by atoms with Gasteiger partial charge >= 0.3 is 0 Å². The largest absolute Gasteiger partial charge is 0.367 e. The molecule has 0 aliphatic carbocycles. The summed E-state index contributed by atoms with van der Waals surface area (Å²) < 4.78 is 21.1. The van der Waals surface area contributed by atoms with Gasteiger partial charge in [-0.3, -0.25) is 9.67 Å². The second-order valence-corrected chi connectivity index (χ2v) is 12.0. The van der Waals surface area contributed by atoms with E-state index in [-0.39, 0.29) is 17.1 Å². The van der Waals surface area contributed by atoms with Gasteiger partial charge in [0.2, 0.25) is 5.28 Å². The molecule has 0 saturated carbocycles. The fourth-order valence-electron chi connectivity index (χ4n) is 5.89. The van der Waals surface area contributed by atoms with Gasteiger partial charge in [0.25, 0.3) is 0 Å². The molecule has 43 heavy (non-hydrogen) atoms. The van der Waals surface area contributed by atoms with Crippen LogP contribution in [0.4, 0.5) is 5.82 Å². The molecule has 2 aromatic carbocycles. The number of imidazole rings is 1. The maximum atomic E-state index is 6.56. The Kier molecular flexibility index (Phi) is 7.13. The van der Waals surface area contributed by atoms with Crippen LogP contribution in [0.1, 0.15) is 74.6 Å². The number of aromatic nitrogens is 7. The van der Waals surface area contributed by atoms with Gasteiger partial charge in [0.15, 0.2) is 40.6 Å². The van der Waals surface area contributed by atoms with E-state index in [0.717, 1.165) is 0 Å². The monoisotopic (exact) mass is 600 g/mol. The standard InChI is InChI=1S/C31H33ClN8O3/c1-17(2)25-35-27(39-38-25)23-22-24(43-31(3,4)42-22)29(41-23)40-16-34-21-26(36-30(32)37-28(21)40)33-15-20(18-11-7-5-8-12-18)19-13-9-6-10-14-19/h5-14,16-17,20,22-24,29H,15H2,1-4H3,(H,33,36,37)(H,35,38,39)/t22-,23+,24-,29-/m1/s1. The zero-order chi connectivity index (χ0) is 29.7. The second kappa shape index (κ2) is 11.0. The van der Waals surface area contributed by atoms with E-state index >= 15 is 0 Å². The van der Waals surface area contributed by atoms with Crippen LogP contribution in [0.5, 0.6) is 0 Å². The number of ether oxygens (including phenoxy) is 3. The molecule has 12 heteroatoms. The number of H-pyrrole nitrogens is 1. The maximum Gasteiger partial charge on any atom is 0.226 e. The van der Waals surface area contributed by atoms with Gasteiger partial charge < -0.3 is 19.5 Å². The Morgan fingerprint density at radius 1 is 0.953 bits per heavy atom. The van der Waals surface area contributed by atoms with E-state index in [1.165, 1.54) is 11.1 Å². The van der Waals surface area contributed by atoms with Crippen molar-refractivity contribution in [3.05, 3.63) is 95.1 Å². The first-order chi connectivity index (χ1) is 20.8. The van der Waals surface area contributed by atoms with Gasteiger partial charge in [0.1, 0.15) is 18.3 Å². The van der Waals surface area contributed by atoms with Crippen LogP contribution in [0.3, 0.4) is 0 Å². The third-order valence-electron chi connectivity index (χ3n) is 7.88. The van der Waals surface area contributed by atoms with Gasteiger partial charge in [-0.25, -0.2) is 9.97 Å². The summed E-state index contributed by atoms with van der Waals surface area (Å²) in [4.78, 5) is 18.5. The lowest BCUT2D eigenvalue weighted by atomic mass is 9.91. The van der Waals surface area contributed by atoms with Gasteiger partial charge in [-0.2, -0.15) is 15.1 Å². The van der Waals surface area contributed by atoms with Crippen LogP contribution in [-0.2, 0) is 14.2 Å². The zero-order valence-corrected chi connectivity index (χ0v) is 25.1. The lowest BCUT2D eigenvalue weighted by molar-refractivity contribution is -0.198. The van der Waals surface area contributed by atoms with Crippen molar-refractivity contribution in [3.63, 3.8) is 0 Å². The van der Waals surface area contributed by atoms with E-state index in [0.29, 0.717) is 35.2 Å². The number of hydrogen-bond acceptors (Lipinski definition) is 9. The minimum Gasteiger partial charge on any atom is -0.367 e. The minimum atomic E-state index is -0.809. The molecule has 5 aromatic rings. The Bertz CT molecular complexity index is 1690. The third kappa shape index (κ3) is 5.27. The number of halogens is 1. The average Bonchev–Trinajstić information content (AvgIpc) is 3.77. The zero-order valence-electron chi connectivity index (χ0n) is 24.3. The number of aromatic amines is 1. The maximum absolute atomic E-state index is 6.56. The Morgan fingerprint density at radius 2 is 1.63 bits per heavy atom. The lowest BCUT2D eigenvalue weighted by Crippen LogP contribution is -2.27. The van der Waals surface area contributed by atoms with E-state index in [2.05, 4.69) is 54.7 Å². The molecule has 0 spiro atoms. The van der Waals surface area contributed by atoms with Crippen LogP contribution in [0.15, 0.2) is 67.0 Å². The van der Waals surface area contributed by atoms with Gasteiger partial charge in [-0.1, -0.05) is 74.5 Å². The summed E-state index contributed by atoms with van der Waals surface area (Å²) in [5, 5.41) is 11.0. The molecule has 2 aliphatic rings. The molecule has 11 nitrogen and oxygen atoms in total. The van der Waals surface area contributed by atoms with Crippen molar-refractivity contribution in [2.24, 2.45) is 0 Å². The van der Waals surface area contributed by atoms with Crippen LogP contribution in [0, 0.1) is 0 Å². The SMILES string of the molecule is CC(C)c1n[nH]c([C@H]2O[C@@H](n3cnc4c(NCC(c5ccccc5)c5ccccc5)nc(Cl)nc43)[C@@H]3OC(C)(C)O[C@@H]32)n1. The molecule has 0 amide bonds. The topological polar surface area (TPSA) is 125 Å². The Labute approximate surface area is 254 Å². The number of nitrogens with one attached hydrogen (secondary N) is 2. The molecular formula is C31H33ClN8O3. The van der Waals surface area contributed by atoms with Gasteiger partial charge in [-0.05, 0) is 36.6 Å². The predicted octanol–water partition coefficient (Wildman–Crippen LogP) is 5.76. The Balaban J connectivity index is 1.21. The van der Waals surface area contributed by atoms with Crippen LogP contribution in [0.2, 0.25) is 5.28 Å². The molecule has 4 atom stereocenters. The Hall–Kier alpha value is -3.90. The number of benzene rings is 2. The molecule has 2 N–H and O–H groups in total. The molecular weight excluding hydrogens is 568 g/mol. The van der Waals surface area contributed by atoms with E-state index in [4.69, 9.17) is 30.8 Å². The van der Waals surface area contributed by atoms with E-state index in [1.807, 2.05) is 68.7 Å². The van der Waals surface area contributed by atoms with Crippen molar-refractivity contribution in [2.75, 3.05) is 11.9 Å². The number of rotatable bonds is 8. The summed E-state index contributed by atoms with van der Waals surface area (Å²) in [6, 6.07) is 20.8. The fraction of sp³-hybridized carbons (Fsp3) is 0.387. The van der Waals surface area contributed by atoms with Crippen molar-refractivity contribution in [3.8, 4) is 0 Å². The van der Waals surface area contributed by atoms with Crippen LogP contribution >= 0.6 is 11.6 Å². The number of anilines is 1. The molecule has 0 unspecified atom stereocenters. The predicted molar refractivity (Wildman–Crippen MR) is 161 cm³/mol. The third-order valence-corrected chi connectivity index (χ3v) is 8.05. The van der Waals surface area contributed by atoms with Gasteiger partial charge in [0.05, 0.1) is 6.33 Å². The minimum absolute atomic E-state index is 0.0804. The second-order valence-electron chi connectivity index (χ2n) is 11.7. The molecule has 2 saturated heterocycles. The van der Waals surface area contributed by atoms with Crippen LogP contribution in [-0.4, -0.2) is 59.2 Å². The summed E-state index contributed by atoms with van der Waals surface area (Å²) in [6.07, 6.45) is -0.310. The summed E-state index contributed by atoms with van der Waals surface area (Å²) in [6.45, 7) is 8.44. The summed E-state index contributed by atoms with van der Waals surface area (Å²) in [5.41, 5.74) is 3.48. The Morgan fingerprint density at radius 3 is 2.28 bits per heavy atom. The van der Waals surface area contributed by atoms with Crippen LogP contribution in [0.25, 0.3) is 11.2 Å². The smallest absolute Gasteiger partial charge is 0.226 e. The highest BCUT2D eigenvalue weighted by atomic mass is 35.5. The number of fused-ring (bicyclic) bond motifs is 2. The lowest BCUT2D eigenvalue weighted by Gasteiger charge is -2.24. The molecule has 2 aliphatic heterocycles. The van der Waals surface area contributed by atoms with Gasteiger partial charge in [-0.15, -0.1) is 0 Å². The molecule has 3 aromatic heterocycles. The molecule has 7 rings (SSSR count). The highest BCUT2D eigenvalue weighted by Crippen LogP contribution is 2.49. The molecule has 2 fully saturated rings. The first-order valence-corrected chi connectivity index (χ1v) is 14.8. The van der Waals surface area contributed by atoms with Crippen molar-refractivity contribution in [1.82, 2.24) is 34.7 Å². The van der Waals surface area contributed by atoms with Crippen molar-refractivity contribution in [2.45, 2.75) is 69.9 Å². The van der Waals surface area contributed by atoms with E-state index in [9.17, 15) is 0 Å². The molecule has 0 radical (unpaired) electrons. The molecule has 0 bridgehead atoms. The average molecular weight is 601 g/mol. The van der Waals surface area contributed by atoms with E-state index < -0.39 is 30.3 Å². The quantitative estimate of drug-likeness (QED) is 0.214.